The van der Waals surface area contributed by atoms with Crippen molar-refractivity contribution in [2.45, 2.75) is 0 Å². The number of para-hydroxylation sites is 4. The maximum Gasteiger partial charge on any atom is 0.0540 e. The van der Waals surface area contributed by atoms with E-state index in [1.54, 1.807) is 0 Å². The van der Waals surface area contributed by atoms with E-state index in [1.807, 2.05) is 0 Å². The van der Waals surface area contributed by atoms with Crippen molar-refractivity contribution >= 4 is 67.8 Å². The summed E-state index contributed by atoms with van der Waals surface area (Å²) in [6.07, 6.45) is 4.40. The molecular weight excluding hydrogens is 725 g/mol. The van der Waals surface area contributed by atoms with Gasteiger partial charge in [0.2, 0.25) is 0 Å². The Morgan fingerprint density at radius 1 is 0.233 bits per heavy atom. The molecule has 0 radical (unpaired) electrons. The van der Waals surface area contributed by atoms with E-state index >= 15 is 0 Å². The number of nitrogens with zero attached hydrogens (tertiary/aromatic N) is 2. The minimum Gasteiger partial charge on any atom is -0.310 e. The molecule has 284 valence electrons. The van der Waals surface area contributed by atoms with Gasteiger partial charge in [0.05, 0.1) is 11.4 Å². The lowest BCUT2D eigenvalue weighted by Gasteiger charge is -2.27. The smallest absolute Gasteiger partial charge is 0.0540 e. The third-order valence-electron chi connectivity index (χ3n) is 11.3. The van der Waals surface area contributed by atoms with Crippen LogP contribution in [0.2, 0.25) is 0 Å². The topological polar surface area (TPSA) is 6.48 Å². The molecule has 0 N–H and O–H groups in total. The van der Waals surface area contributed by atoms with Crippen LogP contribution in [0.4, 0.5) is 34.1 Å². The molecule has 2 nitrogen and oxygen atoms in total. The molecule has 60 heavy (non-hydrogen) atoms. The van der Waals surface area contributed by atoms with Gasteiger partial charge in [-0.05, 0) is 105 Å². The first-order valence-corrected chi connectivity index (χ1v) is 20.5. The Hall–Kier alpha value is -7.94. The predicted molar refractivity (Wildman–Crippen MR) is 257 cm³/mol. The largest absolute Gasteiger partial charge is 0.310 e. The summed E-state index contributed by atoms with van der Waals surface area (Å²) in [5.41, 5.74) is 14.0. The van der Waals surface area contributed by atoms with Gasteiger partial charge in [-0.2, -0.15) is 0 Å². The van der Waals surface area contributed by atoms with Crippen LogP contribution in [0.15, 0.2) is 243 Å². The van der Waals surface area contributed by atoms with Crippen molar-refractivity contribution in [3.05, 3.63) is 254 Å². The van der Waals surface area contributed by atoms with Crippen molar-refractivity contribution in [1.82, 2.24) is 0 Å². The van der Waals surface area contributed by atoms with Crippen LogP contribution in [0.25, 0.3) is 56.0 Å². The molecule has 0 atom stereocenters. The summed E-state index contributed by atoms with van der Waals surface area (Å²) in [4.78, 5) is 4.69. The van der Waals surface area contributed by atoms with Crippen molar-refractivity contribution in [2.24, 2.45) is 0 Å². The summed E-state index contributed by atoms with van der Waals surface area (Å²) in [7, 11) is 0. The fraction of sp³-hybridized carbons (Fsp3) is 0. The summed E-state index contributed by atoms with van der Waals surface area (Å²) in [5.74, 6) is 0. The number of hydrogen-bond acceptors (Lipinski definition) is 2. The summed E-state index contributed by atoms with van der Waals surface area (Å²) < 4.78 is 0. The number of hydrogen-bond donors (Lipinski definition) is 0. The van der Waals surface area contributed by atoms with Gasteiger partial charge in [-0.1, -0.05) is 194 Å². The van der Waals surface area contributed by atoms with E-state index in [4.69, 9.17) is 0 Å². The zero-order chi connectivity index (χ0) is 40.1. The van der Waals surface area contributed by atoms with Crippen LogP contribution in [0.3, 0.4) is 0 Å². The minimum absolute atomic E-state index is 1.13. The molecule has 0 amide bonds. The van der Waals surface area contributed by atoms with Gasteiger partial charge in [0, 0.05) is 33.5 Å². The zero-order valence-corrected chi connectivity index (χ0v) is 33.1. The third kappa shape index (κ3) is 7.23. The number of rotatable bonds is 10. The molecule has 0 spiro atoms. The molecular formula is C58H42N2. The molecule has 0 aliphatic rings. The normalized spacial score (nSPS) is 11.3. The number of fused-ring (bicyclic) bond motifs is 2. The average Bonchev–Trinajstić information content (AvgIpc) is 3.33. The Labute approximate surface area is 352 Å². The molecule has 2 heteroatoms. The van der Waals surface area contributed by atoms with Crippen LogP contribution < -0.4 is 9.80 Å². The molecule has 0 aromatic heterocycles. The first kappa shape index (κ1) is 36.4. The van der Waals surface area contributed by atoms with E-state index in [9.17, 15) is 0 Å². The van der Waals surface area contributed by atoms with Crippen molar-refractivity contribution in [3.63, 3.8) is 0 Å². The second kappa shape index (κ2) is 16.5. The van der Waals surface area contributed by atoms with Crippen molar-refractivity contribution in [1.29, 1.82) is 0 Å². The standard InChI is InChI=1S/C58H42N2/c1-5-17-47(18-6-1)59(48-19-7-2-8-20-48)57-41-39-51(53-25-13-15-27-55(53)57)45-35-31-43(32-36-45)29-30-44-33-37-46(38-34-44)52-40-42-58(56-28-16-14-26-54(52)56)60(49-21-9-3-10-22-49)50-23-11-4-12-24-50/h1-42H. The van der Waals surface area contributed by atoms with Crippen LogP contribution in [0, 0.1) is 0 Å². The first-order chi connectivity index (χ1) is 29.8. The van der Waals surface area contributed by atoms with E-state index in [1.165, 1.54) is 43.8 Å². The molecule has 0 aliphatic carbocycles. The Balaban J connectivity index is 0.912. The third-order valence-corrected chi connectivity index (χ3v) is 11.3. The van der Waals surface area contributed by atoms with Gasteiger partial charge in [-0.15, -0.1) is 0 Å². The molecule has 0 saturated carbocycles. The maximum atomic E-state index is 2.34. The Kier molecular flexibility index (Phi) is 10.0. The monoisotopic (exact) mass is 766 g/mol. The van der Waals surface area contributed by atoms with Gasteiger partial charge < -0.3 is 9.80 Å². The molecule has 0 saturated heterocycles. The lowest BCUT2D eigenvalue weighted by Crippen LogP contribution is -2.10. The van der Waals surface area contributed by atoms with Gasteiger partial charge in [0.15, 0.2) is 0 Å². The Morgan fingerprint density at radius 2 is 0.517 bits per heavy atom. The SMILES string of the molecule is C(=Cc1ccc(-c2ccc(N(c3ccccc3)c3ccccc3)c3ccccc23)cc1)c1ccc(-c2ccc(N(c3ccccc3)c3ccccc3)c3ccccc23)cc1. The highest BCUT2D eigenvalue weighted by molar-refractivity contribution is 6.07. The van der Waals surface area contributed by atoms with E-state index in [-0.39, 0.29) is 0 Å². The molecule has 0 unspecified atom stereocenters. The summed E-state index contributed by atoms with van der Waals surface area (Å²) in [6, 6.07) is 86.8. The highest BCUT2D eigenvalue weighted by Gasteiger charge is 2.18. The molecule has 10 aromatic carbocycles. The van der Waals surface area contributed by atoms with E-state index in [0.29, 0.717) is 0 Å². The molecule has 10 rings (SSSR count). The summed E-state index contributed by atoms with van der Waals surface area (Å²) in [5, 5.41) is 4.87. The summed E-state index contributed by atoms with van der Waals surface area (Å²) >= 11 is 0. The van der Waals surface area contributed by atoms with Gasteiger partial charge >= 0.3 is 0 Å². The van der Waals surface area contributed by atoms with Crippen LogP contribution >= 0.6 is 0 Å². The Morgan fingerprint density at radius 3 is 0.833 bits per heavy atom. The fourth-order valence-electron chi connectivity index (χ4n) is 8.36. The lowest BCUT2D eigenvalue weighted by atomic mass is 9.95. The zero-order valence-electron chi connectivity index (χ0n) is 33.1. The van der Waals surface area contributed by atoms with Gasteiger partial charge in [-0.3, -0.25) is 0 Å². The van der Waals surface area contributed by atoms with Crippen LogP contribution in [-0.2, 0) is 0 Å². The molecule has 0 heterocycles. The van der Waals surface area contributed by atoms with Gasteiger partial charge in [0.25, 0.3) is 0 Å². The highest BCUT2D eigenvalue weighted by atomic mass is 15.1. The maximum absolute atomic E-state index is 2.34. The second-order valence-electron chi connectivity index (χ2n) is 14.9. The fourth-order valence-corrected chi connectivity index (χ4v) is 8.36. The summed E-state index contributed by atoms with van der Waals surface area (Å²) in [6.45, 7) is 0. The van der Waals surface area contributed by atoms with E-state index < -0.39 is 0 Å². The Bertz CT molecular complexity index is 2760. The van der Waals surface area contributed by atoms with Crippen LogP contribution in [-0.4, -0.2) is 0 Å². The first-order valence-electron chi connectivity index (χ1n) is 20.5. The number of benzene rings is 10. The van der Waals surface area contributed by atoms with E-state index in [2.05, 4.69) is 265 Å². The van der Waals surface area contributed by atoms with Gasteiger partial charge in [-0.25, -0.2) is 0 Å². The second-order valence-corrected chi connectivity index (χ2v) is 14.9. The number of anilines is 6. The minimum atomic E-state index is 1.13. The highest BCUT2D eigenvalue weighted by Crippen LogP contribution is 2.43. The van der Waals surface area contributed by atoms with Crippen molar-refractivity contribution in [3.8, 4) is 22.3 Å². The predicted octanol–water partition coefficient (Wildman–Crippen LogP) is 16.4. The van der Waals surface area contributed by atoms with Crippen LogP contribution in [0.1, 0.15) is 11.1 Å². The van der Waals surface area contributed by atoms with Crippen molar-refractivity contribution < 1.29 is 0 Å². The van der Waals surface area contributed by atoms with Crippen LogP contribution in [0.5, 0.6) is 0 Å². The lowest BCUT2D eigenvalue weighted by molar-refractivity contribution is 1.30. The molecule has 10 aromatic rings. The van der Waals surface area contributed by atoms with Crippen molar-refractivity contribution in [2.75, 3.05) is 9.80 Å². The van der Waals surface area contributed by atoms with Gasteiger partial charge in [0.1, 0.15) is 0 Å². The average molecular weight is 767 g/mol. The molecule has 0 fully saturated rings. The molecule has 0 aliphatic heterocycles. The molecule has 0 bridgehead atoms. The quantitative estimate of drug-likeness (QED) is 0.128. The van der Waals surface area contributed by atoms with E-state index in [0.717, 1.165) is 45.3 Å².